The minimum absolute atomic E-state index is 0.00106. The SMILES string of the molecule is CN1C(C2=CCC(C)(Cl)C=C2Cl)C2=CN(CCCCCOC(=O)C3=CN(CCCCCOC2=O)S(=O)(=O)N(C)C3c2ccc(Cl)cc2Cl)S1(=O)=O. The van der Waals surface area contributed by atoms with Crippen LogP contribution in [0.3, 0.4) is 0 Å². The lowest BCUT2D eigenvalue weighted by molar-refractivity contribution is -0.140. The summed E-state index contributed by atoms with van der Waals surface area (Å²) in [7, 11) is -5.37. The van der Waals surface area contributed by atoms with Crippen molar-refractivity contribution in [1.82, 2.24) is 17.2 Å². The normalized spacial score (nSPS) is 28.8. The zero-order valence-corrected chi connectivity index (χ0v) is 33.0. The van der Waals surface area contributed by atoms with Crippen LogP contribution in [0.5, 0.6) is 0 Å². The van der Waals surface area contributed by atoms with E-state index in [4.69, 9.17) is 55.9 Å². The summed E-state index contributed by atoms with van der Waals surface area (Å²) in [6, 6.07) is 2.50. The van der Waals surface area contributed by atoms with E-state index in [0.717, 1.165) is 17.2 Å². The van der Waals surface area contributed by atoms with Crippen molar-refractivity contribution in [2.75, 3.05) is 40.4 Å². The number of halogens is 4. The van der Waals surface area contributed by atoms with Gasteiger partial charge < -0.3 is 9.47 Å². The van der Waals surface area contributed by atoms with Crippen molar-refractivity contribution in [3.63, 3.8) is 0 Å². The molecule has 0 saturated carbocycles. The second-order valence-electron chi connectivity index (χ2n) is 12.9. The first kappa shape index (κ1) is 39.9. The van der Waals surface area contributed by atoms with Crippen molar-refractivity contribution in [3.05, 3.63) is 80.1 Å². The monoisotopic (exact) mass is 824 g/mol. The molecule has 0 aromatic heterocycles. The molecule has 4 aliphatic rings. The maximum atomic E-state index is 13.7. The van der Waals surface area contributed by atoms with Crippen molar-refractivity contribution in [1.29, 1.82) is 0 Å². The van der Waals surface area contributed by atoms with E-state index in [2.05, 4.69) is 0 Å². The summed E-state index contributed by atoms with van der Waals surface area (Å²) < 4.78 is 70.4. The van der Waals surface area contributed by atoms with Gasteiger partial charge >= 0.3 is 32.4 Å². The van der Waals surface area contributed by atoms with E-state index >= 15 is 0 Å². The molecule has 3 aliphatic heterocycles. The highest BCUT2D eigenvalue weighted by Crippen LogP contribution is 2.41. The molecule has 12 nitrogen and oxygen atoms in total. The van der Waals surface area contributed by atoms with E-state index in [1.807, 2.05) is 0 Å². The Morgan fingerprint density at radius 2 is 1.25 bits per heavy atom. The molecule has 0 fully saturated rings. The van der Waals surface area contributed by atoms with Gasteiger partial charge in [0.25, 0.3) is 0 Å². The summed E-state index contributed by atoms with van der Waals surface area (Å²) in [6.45, 7) is 1.87. The van der Waals surface area contributed by atoms with Crippen molar-refractivity contribution in [3.8, 4) is 0 Å². The molecule has 3 atom stereocenters. The lowest BCUT2D eigenvalue weighted by Gasteiger charge is -2.40. The zero-order chi connectivity index (χ0) is 37.3. The number of cyclic esters (lactones) is 2. The fourth-order valence-corrected chi connectivity index (χ4v) is 10.4. The minimum atomic E-state index is -4.07. The molecule has 3 heterocycles. The molecule has 1 aromatic carbocycles. The second kappa shape index (κ2) is 16.0. The lowest BCUT2D eigenvalue weighted by Crippen LogP contribution is -2.52. The van der Waals surface area contributed by atoms with Gasteiger partial charge in [0.15, 0.2) is 0 Å². The topological polar surface area (TPSA) is 134 Å². The van der Waals surface area contributed by atoms with Crippen molar-refractivity contribution in [2.24, 2.45) is 0 Å². The number of hydrogen-bond acceptors (Lipinski definition) is 8. The summed E-state index contributed by atoms with van der Waals surface area (Å²) >= 11 is 25.7. The Morgan fingerprint density at radius 1 is 0.745 bits per heavy atom. The highest BCUT2D eigenvalue weighted by Gasteiger charge is 2.45. The van der Waals surface area contributed by atoms with Crippen molar-refractivity contribution >= 4 is 78.8 Å². The van der Waals surface area contributed by atoms with Crippen LogP contribution in [0.2, 0.25) is 10.0 Å². The van der Waals surface area contributed by atoms with Crippen molar-refractivity contribution in [2.45, 2.75) is 68.8 Å². The fraction of sp³-hybridized carbons (Fsp3) is 0.515. The van der Waals surface area contributed by atoms with Gasteiger partial charge in [-0.25, -0.2) is 9.59 Å². The van der Waals surface area contributed by atoms with Crippen LogP contribution >= 0.6 is 46.4 Å². The van der Waals surface area contributed by atoms with Crippen LogP contribution in [0.1, 0.15) is 63.5 Å². The van der Waals surface area contributed by atoms with Crippen LogP contribution in [-0.2, 0) is 39.5 Å². The van der Waals surface area contributed by atoms with Gasteiger partial charge in [0.1, 0.15) is 0 Å². The third-order valence-corrected chi connectivity index (χ3v) is 14.0. The molecule has 0 radical (unpaired) electrons. The predicted molar refractivity (Wildman–Crippen MR) is 196 cm³/mol. The average Bonchev–Trinajstić information content (AvgIpc) is 3.04. The third kappa shape index (κ3) is 8.59. The summed E-state index contributed by atoms with van der Waals surface area (Å²) in [5.41, 5.74) is 0.972. The Morgan fingerprint density at radius 3 is 1.76 bits per heavy atom. The molecule has 1 aromatic rings. The Hall–Kier alpha value is -2.30. The van der Waals surface area contributed by atoms with E-state index in [-0.39, 0.29) is 47.5 Å². The van der Waals surface area contributed by atoms with Gasteiger partial charge in [0.2, 0.25) is 0 Å². The molecule has 5 rings (SSSR count). The number of likely N-dealkylation sites (N-methyl/N-ethyl adjacent to an activating group) is 2. The number of rotatable bonds is 2. The number of benzene rings is 1. The predicted octanol–water partition coefficient (Wildman–Crippen LogP) is 6.05. The van der Waals surface area contributed by atoms with Crippen LogP contribution in [-0.4, -0.2) is 97.3 Å². The maximum absolute atomic E-state index is 13.7. The van der Waals surface area contributed by atoms with Gasteiger partial charge in [-0.1, -0.05) is 46.9 Å². The molecule has 0 N–H and O–H groups in total. The number of hydrogen-bond donors (Lipinski definition) is 0. The Kier molecular flexibility index (Phi) is 12.5. The fourth-order valence-electron chi connectivity index (χ4n) is 6.36. The van der Waals surface area contributed by atoms with E-state index in [1.165, 1.54) is 32.6 Å². The maximum Gasteiger partial charge on any atom is 0.337 e. The summed E-state index contributed by atoms with van der Waals surface area (Å²) in [6.07, 6.45) is 8.82. The van der Waals surface area contributed by atoms with Gasteiger partial charge in [-0.15, -0.1) is 11.6 Å². The number of nitrogens with zero attached hydrogens (tertiary/aromatic N) is 4. The zero-order valence-electron chi connectivity index (χ0n) is 28.4. The molecule has 18 heteroatoms. The van der Waals surface area contributed by atoms with Gasteiger partial charge in [-0.05, 0) is 81.2 Å². The summed E-state index contributed by atoms with van der Waals surface area (Å²) in [5.74, 6) is -1.41. The second-order valence-corrected chi connectivity index (χ2v) is 18.9. The molecule has 1 aliphatic carbocycles. The third-order valence-electron chi connectivity index (χ3n) is 9.16. The molecule has 4 bridgehead atoms. The quantitative estimate of drug-likeness (QED) is 0.260. The van der Waals surface area contributed by atoms with Gasteiger partial charge in [-0.3, -0.25) is 8.61 Å². The molecule has 51 heavy (non-hydrogen) atoms. The molecular formula is C33H40Cl4N4O8S2. The van der Waals surface area contributed by atoms with E-state index in [9.17, 15) is 26.4 Å². The van der Waals surface area contributed by atoms with Crippen LogP contribution in [0.4, 0.5) is 0 Å². The Bertz CT molecular complexity index is 1900. The number of carbonyl (C=O) groups is 2. The Labute approximate surface area is 319 Å². The standard InChI is InChI=1S/C33H40Cl4N4O8S2/c1-33(37)13-12-24(28(36)19-33)30-26-21-41(51(46,47)39(30)3)15-7-5-8-16-48-31(42)25-20-40(14-6-4-9-17-49-32(26)43)50(44,45)38(2)29(25)23-11-10-22(34)18-27(23)35/h10-12,18-21,29-30H,4-9,13-17H2,1-3H3. The molecule has 280 valence electrons. The number of esters is 2. The highest BCUT2D eigenvalue weighted by atomic mass is 35.5. The van der Waals surface area contributed by atoms with E-state index in [0.29, 0.717) is 61.1 Å². The average molecular weight is 827 g/mol. The van der Waals surface area contributed by atoms with Crippen LogP contribution < -0.4 is 0 Å². The van der Waals surface area contributed by atoms with Crippen molar-refractivity contribution < 1.29 is 35.9 Å². The largest absolute Gasteiger partial charge is 0.462 e. The number of fused-ring (bicyclic) bond motifs is 2. The number of carbonyl (C=O) groups excluding carboxylic acids is 2. The first-order valence-corrected chi connectivity index (χ1v) is 20.8. The van der Waals surface area contributed by atoms with E-state index < -0.39 is 49.3 Å². The van der Waals surface area contributed by atoms with Gasteiger partial charge in [-0.2, -0.15) is 25.4 Å². The molecule has 0 saturated heterocycles. The summed E-state index contributed by atoms with van der Waals surface area (Å²) in [5, 5.41) is 0.781. The number of alkyl halides is 1. The Balaban J connectivity index is 1.40. The lowest BCUT2D eigenvalue weighted by atomic mass is 9.90. The molecule has 0 amide bonds. The minimum Gasteiger partial charge on any atom is -0.462 e. The highest BCUT2D eigenvalue weighted by molar-refractivity contribution is 7.87. The van der Waals surface area contributed by atoms with Crippen LogP contribution in [0.25, 0.3) is 0 Å². The molecular weight excluding hydrogens is 786 g/mol. The molecule has 3 unspecified atom stereocenters. The number of ether oxygens (including phenoxy) is 2. The van der Waals surface area contributed by atoms with Gasteiger partial charge in [0, 0.05) is 54.7 Å². The van der Waals surface area contributed by atoms with Crippen LogP contribution in [0.15, 0.2) is 64.5 Å². The first-order chi connectivity index (χ1) is 24.0. The summed E-state index contributed by atoms with van der Waals surface area (Å²) in [4.78, 5) is 26.4. The van der Waals surface area contributed by atoms with E-state index in [1.54, 1.807) is 31.2 Å². The molecule has 0 spiro atoms. The van der Waals surface area contributed by atoms with Crippen LogP contribution in [0, 0.1) is 0 Å². The smallest absolute Gasteiger partial charge is 0.337 e. The van der Waals surface area contributed by atoms with Gasteiger partial charge in [0.05, 0.1) is 41.3 Å². The number of allylic oxidation sites excluding steroid dienone is 2. The first-order valence-electron chi connectivity index (χ1n) is 16.5.